The van der Waals surface area contributed by atoms with Gasteiger partial charge in [-0.1, -0.05) is 76.8 Å². The molecule has 0 spiro atoms. The maximum Gasteiger partial charge on any atom is 0.214 e. The summed E-state index contributed by atoms with van der Waals surface area (Å²) < 4.78 is 41.4. The summed E-state index contributed by atoms with van der Waals surface area (Å²) in [6.45, 7) is 9.04. The minimum Gasteiger partial charge on any atom is -1.00 e. The minimum atomic E-state index is -3.15. The monoisotopic (exact) mass is 534 g/mol. The van der Waals surface area contributed by atoms with Crippen LogP contribution in [0.15, 0.2) is 24.3 Å². The van der Waals surface area contributed by atoms with Gasteiger partial charge in [0.15, 0.2) is 0 Å². The largest absolute Gasteiger partial charge is 1.00 e. The van der Waals surface area contributed by atoms with Crippen molar-refractivity contribution in [3.63, 3.8) is 0 Å². The Morgan fingerprint density at radius 2 is 1.34 bits per heavy atom. The molecule has 32 heavy (non-hydrogen) atoms. The summed E-state index contributed by atoms with van der Waals surface area (Å²) in [7, 11) is -3.15. The quantitative estimate of drug-likeness (QED) is 0.256. The molecule has 0 radical (unpaired) electrons. The van der Waals surface area contributed by atoms with Gasteiger partial charge in [0.1, 0.15) is 12.4 Å². The predicted molar refractivity (Wildman–Crippen MR) is 128 cm³/mol. The highest BCUT2D eigenvalue weighted by molar-refractivity contribution is 7.89. The predicted octanol–water partition coefficient (Wildman–Crippen LogP) is 2.73. The molecule has 1 aromatic rings. The van der Waals surface area contributed by atoms with Gasteiger partial charge in [-0.3, -0.25) is 0 Å². The fraction of sp³-hybridized carbons (Fsp3) is 0.760. The molecule has 1 saturated heterocycles. The third-order valence-electron chi connectivity index (χ3n) is 6.90. The van der Waals surface area contributed by atoms with Crippen molar-refractivity contribution in [1.82, 2.24) is 4.31 Å². The zero-order valence-corrected chi connectivity index (χ0v) is 22.6. The van der Waals surface area contributed by atoms with Crippen LogP contribution >= 0.6 is 0 Å². The van der Waals surface area contributed by atoms with Gasteiger partial charge >= 0.3 is 0 Å². The number of quaternary nitrogens is 1. The van der Waals surface area contributed by atoms with E-state index in [0.29, 0.717) is 13.1 Å². The third kappa shape index (κ3) is 10.2. The number of benzene rings is 1. The van der Waals surface area contributed by atoms with Crippen LogP contribution < -0.4 is 17.0 Å². The molecule has 0 aliphatic carbocycles. The molecule has 1 aromatic carbocycles. The molecule has 4 nitrogen and oxygen atoms in total. The Labute approximate surface area is 207 Å². The van der Waals surface area contributed by atoms with Crippen molar-refractivity contribution in [3.8, 4) is 0 Å². The summed E-state index contributed by atoms with van der Waals surface area (Å²) >= 11 is 0. The van der Waals surface area contributed by atoms with Gasteiger partial charge in [0.05, 0.1) is 38.5 Å². The molecule has 7 heteroatoms. The number of hydrogen-bond donors (Lipinski definition) is 0. The zero-order chi connectivity index (χ0) is 22.6. The van der Waals surface area contributed by atoms with Gasteiger partial charge in [0.2, 0.25) is 10.0 Å². The van der Waals surface area contributed by atoms with Crippen molar-refractivity contribution in [2.45, 2.75) is 84.6 Å². The third-order valence-corrected chi connectivity index (χ3v) is 8.86. The number of unbranched alkanes of at least 4 members (excludes halogenated alkanes) is 9. The summed E-state index contributed by atoms with van der Waals surface area (Å²) in [5.74, 6) is 0.0720. The molecule has 0 aromatic heterocycles. The standard InChI is InChI=1S/C25H44FN2O2S.BrH/c1-3-5-6-7-8-9-10-11-12-13-22-31(29,30)27-18-20-28(4-2,21-19-27)23-24-14-16-25(26)17-15-24;/h14-17H,3-13,18-23H2,1-2H3;1H/q+1;/p-1. The van der Waals surface area contributed by atoms with E-state index < -0.39 is 10.0 Å². The van der Waals surface area contributed by atoms with E-state index in [0.717, 1.165) is 55.5 Å². The van der Waals surface area contributed by atoms with E-state index in [1.165, 1.54) is 57.1 Å². The summed E-state index contributed by atoms with van der Waals surface area (Å²) in [5, 5.41) is 0. The van der Waals surface area contributed by atoms with Crippen molar-refractivity contribution in [3.05, 3.63) is 35.6 Å². The lowest BCUT2D eigenvalue weighted by molar-refractivity contribution is -0.942. The smallest absolute Gasteiger partial charge is 0.214 e. The van der Waals surface area contributed by atoms with Crippen LogP contribution in [0.2, 0.25) is 0 Å². The fourth-order valence-corrected chi connectivity index (χ4v) is 6.16. The maximum absolute atomic E-state index is 13.2. The highest BCUT2D eigenvalue weighted by atomic mass is 79.9. The van der Waals surface area contributed by atoms with E-state index in [1.54, 1.807) is 4.31 Å². The number of hydrogen-bond acceptors (Lipinski definition) is 2. The molecule has 1 aliphatic heterocycles. The Hall–Kier alpha value is -0.500. The van der Waals surface area contributed by atoms with Crippen molar-refractivity contribution in [2.75, 3.05) is 38.5 Å². The lowest BCUT2D eigenvalue weighted by Crippen LogP contribution is -3.00. The average molecular weight is 536 g/mol. The Morgan fingerprint density at radius 3 is 1.84 bits per heavy atom. The molecule has 0 bridgehead atoms. The van der Waals surface area contributed by atoms with Crippen molar-refractivity contribution in [1.29, 1.82) is 0 Å². The molecule has 0 amide bonds. The normalized spacial score (nSPS) is 16.6. The molecule has 186 valence electrons. The number of rotatable bonds is 15. The Kier molecular flexibility index (Phi) is 14.2. The van der Waals surface area contributed by atoms with Crippen LogP contribution in [0.1, 0.15) is 83.6 Å². The van der Waals surface area contributed by atoms with Gasteiger partial charge in [-0.15, -0.1) is 0 Å². The Bertz CT molecular complexity index is 720. The van der Waals surface area contributed by atoms with Crippen LogP contribution in [0.3, 0.4) is 0 Å². The van der Waals surface area contributed by atoms with Crippen LogP contribution in [0.5, 0.6) is 0 Å². The van der Waals surface area contributed by atoms with Crippen molar-refractivity contribution >= 4 is 10.0 Å². The molecule has 1 heterocycles. The van der Waals surface area contributed by atoms with E-state index in [1.807, 2.05) is 12.1 Å². The molecule has 0 atom stereocenters. The second-order valence-corrected chi connectivity index (χ2v) is 11.4. The summed E-state index contributed by atoms with van der Waals surface area (Å²) in [4.78, 5) is 0. The Balaban J connectivity index is 0.00000512. The SMILES string of the molecule is CCCCCCCCCCCCS(=O)(=O)N1CC[N+](CC)(Cc2ccc(F)cc2)CC1.[Br-]. The van der Waals surface area contributed by atoms with E-state index >= 15 is 0 Å². The number of piperazine rings is 1. The highest BCUT2D eigenvalue weighted by Gasteiger charge is 2.35. The van der Waals surface area contributed by atoms with E-state index in [-0.39, 0.29) is 28.6 Å². The van der Waals surface area contributed by atoms with E-state index in [9.17, 15) is 12.8 Å². The minimum absolute atomic E-state index is 0. The van der Waals surface area contributed by atoms with Gasteiger partial charge in [-0.2, -0.15) is 4.31 Å². The molecule has 0 saturated carbocycles. The van der Waals surface area contributed by atoms with Crippen LogP contribution in [0, 0.1) is 5.82 Å². The first kappa shape index (κ1) is 29.5. The van der Waals surface area contributed by atoms with Crippen molar-refractivity contribution < 1.29 is 34.3 Å². The first-order chi connectivity index (χ1) is 14.9. The van der Waals surface area contributed by atoms with Gasteiger partial charge in [-0.25, -0.2) is 12.8 Å². The molecule has 0 unspecified atom stereocenters. The molecule has 2 rings (SSSR count). The number of likely N-dealkylation sites (N-methyl/N-ethyl adjacent to an activating group) is 1. The number of nitrogens with zero attached hydrogens (tertiary/aromatic N) is 2. The van der Waals surface area contributed by atoms with Gasteiger partial charge in [-0.05, 0) is 25.5 Å². The second-order valence-electron chi connectivity index (χ2n) is 9.29. The molecular weight excluding hydrogens is 491 g/mol. The van der Waals surface area contributed by atoms with Crippen LogP contribution in [-0.4, -0.2) is 55.7 Å². The highest BCUT2D eigenvalue weighted by Crippen LogP contribution is 2.21. The zero-order valence-electron chi connectivity index (χ0n) is 20.2. The van der Waals surface area contributed by atoms with E-state index in [2.05, 4.69) is 13.8 Å². The molecule has 1 aliphatic rings. The molecular formula is C25H44BrFN2O2S. The lowest BCUT2D eigenvalue weighted by Gasteiger charge is -2.44. The van der Waals surface area contributed by atoms with Gasteiger partial charge < -0.3 is 21.5 Å². The topological polar surface area (TPSA) is 37.4 Å². The fourth-order valence-electron chi connectivity index (χ4n) is 4.61. The van der Waals surface area contributed by atoms with Crippen molar-refractivity contribution in [2.24, 2.45) is 0 Å². The molecule has 1 fully saturated rings. The summed E-state index contributed by atoms with van der Waals surface area (Å²) in [6, 6.07) is 6.71. The summed E-state index contributed by atoms with van der Waals surface area (Å²) in [5.41, 5.74) is 1.12. The van der Waals surface area contributed by atoms with Gasteiger partial charge in [0, 0.05) is 5.56 Å². The second kappa shape index (κ2) is 15.4. The number of halogens is 2. The first-order valence-electron chi connectivity index (χ1n) is 12.5. The Morgan fingerprint density at radius 1 is 0.844 bits per heavy atom. The molecule has 0 N–H and O–H groups in total. The first-order valence-corrected chi connectivity index (χ1v) is 14.1. The van der Waals surface area contributed by atoms with Crippen LogP contribution in [0.25, 0.3) is 0 Å². The van der Waals surface area contributed by atoms with Gasteiger partial charge in [0.25, 0.3) is 0 Å². The van der Waals surface area contributed by atoms with E-state index in [4.69, 9.17) is 0 Å². The lowest BCUT2D eigenvalue weighted by atomic mass is 10.1. The summed E-state index contributed by atoms with van der Waals surface area (Å²) in [6.07, 6.45) is 12.1. The average Bonchev–Trinajstić information content (AvgIpc) is 2.77. The number of sulfonamides is 1. The van der Waals surface area contributed by atoms with Crippen LogP contribution in [0.4, 0.5) is 4.39 Å². The maximum atomic E-state index is 13.2. The van der Waals surface area contributed by atoms with Crippen LogP contribution in [-0.2, 0) is 16.6 Å².